The van der Waals surface area contributed by atoms with Gasteiger partial charge >= 0.3 is 0 Å². The van der Waals surface area contributed by atoms with Crippen LogP contribution in [0.1, 0.15) is 15.8 Å². The van der Waals surface area contributed by atoms with E-state index in [1.807, 2.05) is 11.4 Å². The third-order valence-corrected chi connectivity index (χ3v) is 4.82. The Morgan fingerprint density at radius 3 is 2.37 bits per heavy atom. The first-order valence-corrected chi connectivity index (χ1v) is 7.44. The van der Waals surface area contributed by atoms with Gasteiger partial charge in [0, 0.05) is 11.1 Å². The Balaban J connectivity index is 2.44. The van der Waals surface area contributed by atoms with Crippen LogP contribution >= 0.6 is 46.1 Å². The lowest BCUT2D eigenvalue weighted by Crippen LogP contribution is -1.96. The zero-order valence-electron chi connectivity index (χ0n) is 10.2. The fraction of sp³-hybridized carbons (Fsp3) is 0.231. The van der Waals surface area contributed by atoms with Gasteiger partial charge in [0.05, 0.1) is 29.5 Å². The maximum absolute atomic E-state index is 6.48. The second-order valence-corrected chi connectivity index (χ2v) is 5.92. The van der Waals surface area contributed by atoms with E-state index >= 15 is 0 Å². The average Bonchev–Trinajstić information content (AvgIpc) is 2.88. The molecule has 1 unspecified atom stereocenters. The lowest BCUT2D eigenvalue weighted by molar-refractivity contribution is 0.412. The van der Waals surface area contributed by atoms with Gasteiger partial charge in [0.15, 0.2) is 0 Å². The van der Waals surface area contributed by atoms with E-state index in [4.69, 9.17) is 44.3 Å². The van der Waals surface area contributed by atoms with Crippen LogP contribution in [-0.4, -0.2) is 14.2 Å². The normalized spacial score (nSPS) is 12.3. The number of hydrogen-bond donors (Lipinski definition) is 0. The highest BCUT2D eigenvalue weighted by Crippen LogP contribution is 2.43. The van der Waals surface area contributed by atoms with Crippen molar-refractivity contribution >= 4 is 46.1 Å². The molecule has 0 fully saturated rings. The minimum atomic E-state index is -0.411. The van der Waals surface area contributed by atoms with Crippen molar-refractivity contribution in [3.8, 4) is 11.5 Å². The van der Waals surface area contributed by atoms with E-state index in [1.54, 1.807) is 19.2 Å². The predicted molar refractivity (Wildman–Crippen MR) is 81.6 cm³/mol. The Bertz CT molecular complexity index is 583. The summed E-state index contributed by atoms with van der Waals surface area (Å²) in [6.45, 7) is 0. The molecule has 0 aliphatic heterocycles. The Labute approximate surface area is 130 Å². The molecule has 1 aromatic carbocycles. The summed E-state index contributed by atoms with van der Waals surface area (Å²) in [4.78, 5) is 0.896. The molecule has 1 aromatic heterocycles. The second-order valence-electron chi connectivity index (χ2n) is 3.72. The smallest absolute Gasteiger partial charge is 0.138 e. The summed E-state index contributed by atoms with van der Waals surface area (Å²) in [7, 11) is 3.15. The largest absolute Gasteiger partial charge is 0.496 e. The highest BCUT2D eigenvalue weighted by Gasteiger charge is 2.21. The number of benzene rings is 1. The molecule has 0 saturated heterocycles. The first-order chi connectivity index (χ1) is 9.08. The molecular formula is C13H11Cl3O2S. The van der Waals surface area contributed by atoms with E-state index in [9.17, 15) is 0 Å². The Morgan fingerprint density at radius 2 is 1.74 bits per heavy atom. The van der Waals surface area contributed by atoms with Crippen molar-refractivity contribution in [3.63, 3.8) is 0 Å². The molecular weight excluding hydrogens is 327 g/mol. The molecule has 1 heterocycles. The fourth-order valence-corrected chi connectivity index (χ4v) is 3.56. The van der Waals surface area contributed by atoms with Crippen molar-refractivity contribution < 1.29 is 9.47 Å². The molecule has 0 N–H and O–H groups in total. The van der Waals surface area contributed by atoms with E-state index in [2.05, 4.69) is 0 Å². The number of methoxy groups -OCH3 is 2. The van der Waals surface area contributed by atoms with Gasteiger partial charge in [-0.25, -0.2) is 0 Å². The number of halogens is 3. The summed E-state index contributed by atoms with van der Waals surface area (Å²) >= 11 is 20.3. The van der Waals surface area contributed by atoms with Gasteiger partial charge in [0.25, 0.3) is 0 Å². The van der Waals surface area contributed by atoms with Crippen LogP contribution in [0.25, 0.3) is 0 Å². The minimum absolute atomic E-state index is 0.411. The van der Waals surface area contributed by atoms with Crippen molar-refractivity contribution in [2.24, 2.45) is 0 Å². The highest BCUT2D eigenvalue weighted by atomic mass is 35.5. The number of thiophene rings is 1. The SMILES string of the molecule is COc1cc(Cl)c(C(Cl)c2sccc2OC)cc1Cl. The molecule has 0 amide bonds. The van der Waals surface area contributed by atoms with Crippen LogP contribution in [0.4, 0.5) is 0 Å². The van der Waals surface area contributed by atoms with Crippen molar-refractivity contribution in [1.29, 1.82) is 0 Å². The summed E-state index contributed by atoms with van der Waals surface area (Å²) in [5, 5.41) is 2.49. The zero-order chi connectivity index (χ0) is 14.0. The molecule has 0 spiro atoms. The third kappa shape index (κ3) is 2.95. The van der Waals surface area contributed by atoms with E-state index in [1.165, 1.54) is 18.4 Å². The molecule has 0 bridgehead atoms. The number of rotatable bonds is 4. The van der Waals surface area contributed by atoms with Crippen LogP contribution in [0.15, 0.2) is 23.6 Å². The molecule has 0 radical (unpaired) electrons. The highest BCUT2D eigenvalue weighted by molar-refractivity contribution is 7.10. The Morgan fingerprint density at radius 1 is 1.05 bits per heavy atom. The average molecular weight is 338 g/mol. The first kappa shape index (κ1) is 14.8. The van der Waals surface area contributed by atoms with Gasteiger partial charge in [-0.2, -0.15) is 0 Å². The Kier molecular flexibility index (Phi) is 4.85. The molecule has 0 aliphatic carbocycles. The maximum atomic E-state index is 6.48. The van der Waals surface area contributed by atoms with Gasteiger partial charge in [0.2, 0.25) is 0 Å². The first-order valence-electron chi connectivity index (χ1n) is 5.36. The van der Waals surface area contributed by atoms with E-state index in [0.717, 1.165) is 16.2 Å². The van der Waals surface area contributed by atoms with Crippen LogP contribution < -0.4 is 9.47 Å². The lowest BCUT2D eigenvalue weighted by atomic mass is 10.1. The van der Waals surface area contributed by atoms with Crippen molar-refractivity contribution in [2.45, 2.75) is 5.38 Å². The van der Waals surface area contributed by atoms with E-state index in [-0.39, 0.29) is 0 Å². The van der Waals surface area contributed by atoms with E-state index in [0.29, 0.717) is 15.8 Å². The van der Waals surface area contributed by atoms with Gasteiger partial charge in [0.1, 0.15) is 11.5 Å². The molecule has 2 nitrogen and oxygen atoms in total. The van der Waals surface area contributed by atoms with Crippen LogP contribution in [0.3, 0.4) is 0 Å². The molecule has 2 aromatic rings. The number of hydrogen-bond acceptors (Lipinski definition) is 3. The lowest BCUT2D eigenvalue weighted by Gasteiger charge is -2.14. The van der Waals surface area contributed by atoms with Crippen molar-refractivity contribution in [1.82, 2.24) is 0 Å². The van der Waals surface area contributed by atoms with Crippen molar-refractivity contribution in [3.05, 3.63) is 44.1 Å². The fourth-order valence-electron chi connectivity index (χ4n) is 1.70. The minimum Gasteiger partial charge on any atom is -0.496 e. The van der Waals surface area contributed by atoms with Crippen LogP contribution in [0, 0.1) is 0 Å². The summed E-state index contributed by atoms with van der Waals surface area (Å²) in [6.07, 6.45) is 0. The topological polar surface area (TPSA) is 18.5 Å². The van der Waals surface area contributed by atoms with Crippen LogP contribution in [0.2, 0.25) is 10.0 Å². The molecule has 0 aliphatic rings. The predicted octanol–water partition coefficient (Wildman–Crippen LogP) is 5.40. The second kappa shape index (κ2) is 6.23. The summed E-state index contributed by atoms with van der Waals surface area (Å²) < 4.78 is 10.4. The van der Waals surface area contributed by atoms with Gasteiger partial charge in [-0.3, -0.25) is 0 Å². The van der Waals surface area contributed by atoms with Crippen molar-refractivity contribution in [2.75, 3.05) is 14.2 Å². The van der Waals surface area contributed by atoms with Gasteiger partial charge < -0.3 is 9.47 Å². The zero-order valence-corrected chi connectivity index (χ0v) is 13.3. The summed E-state index contributed by atoms with van der Waals surface area (Å²) in [6, 6.07) is 5.25. The molecule has 6 heteroatoms. The molecule has 0 saturated carbocycles. The van der Waals surface area contributed by atoms with Gasteiger partial charge in [-0.05, 0) is 23.1 Å². The monoisotopic (exact) mass is 336 g/mol. The molecule has 2 rings (SSSR count). The van der Waals surface area contributed by atoms with Gasteiger partial charge in [-0.1, -0.05) is 23.2 Å². The molecule has 19 heavy (non-hydrogen) atoms. The molecule has 1 atom stereocenters. The Hall–Kier alpha value is -0.610. The standard InChI is InChI=1S/C13H11Cl3O2S/c1-17-10-3-4-19-13(10)12(16)7-5-9(15)11(18-2)6-8(7)14/h3-6,12H,1-2H3. The quantitative estimate of drug-likeness (QED) is 0.695. The van der Waals surface area contributed by atoms with E-state index < -0.39 is 5.38 Å². The molecule has 102 valence electrons. The maximum Gasteiger partial charge on any atom is 0.138 e. The van der Waals surface area contributed by atoms with Crippen LogP contribution in [-0.2, 0) is 0 Å². The third-order valence-electron chi connectivity index (χ3n) is 2.65. The van der Waals surface area contributed by atoms with Crippen LogP contribution in [0.5, 0.6) is 11.5 Å². The summed E-state index contributed by atoms with van der Waals surface area (Å²) in [5.41, 5.74) is 0.731. The number of ether oxygens (including phenoxy) is 2. The summed E-state index contributed by atoms with van der Waals surface area (Å²) in [5.74, 6) is 1.27. The number of alkyl halides is 1. The van der Waals surface area contributed by atoms with Gasteiger partial charge in [-0.15, -0.1) is 22.9 Å².